The highest BCUT2D eigenvalue weighted by atomic mass is 16.2. The fraction of sp³-hybridized carbons (Fsp3) is 0.458. The number of piperazine rings is 1. The van der Waals surface area contributed by atoms with Crippen molar-refractivity contribution in [3.8, 4) is 11.8 Å². The van der Waals surface area contributed by atoms with Gasteiger partial charge in [-0.15, -0.1) is 0 Å². The molecule has 0 bridgehead atoms. The van der Waals surface area contributed by atoms with Crippen LogP contribution in [0.25, 0.3) is 6.08 Å². The number of nitrogens with zero attached hydrogens (tertiary/aromatic N) is 6. The van der Waals surface area contributed by atoms with Crippen molar-refractivity contribution in [1.82, 2.24) is 35.3 Å². The minimum absolute atomic E-state index is 0.0542. The third-order valence-corrected chi connectivity index (χ3v) is 12.2. The summed E-state index contributed by atoms with van der Waals surface area (Å²) in [5.41, 5.74) is 2.68. The van der Waals surface area contributed by atoms with E-state index in [0.717, 1.165) is 126 Å². The lowest BCUT2D eigenvalue weighted by molar-refractivity contribution is -0.136. The number of likely N-dealkylation sites (tertiary alicyclic amines) is 1. The average molecular weight is 841 g/mol. The standard InChI is InChI=1S/C48H56N8O6/c57-43(19-14-37-12-9-23-49-33-37)50-24-7-6-10-35-21-26-55(27-22-35)46(60)38-15-18-42(51-34-38)54-30-28-53(29-31-54)25-8-4-2-1-3-5-11-36-13-16-39-40(32-36)48(62)56(47(39)61)41-17-20-44(58)52-45(41)59/h9,12-16,18-19,23,32-35,41H,1-4,6-8,10,17,20-22,24-31H2,(H,50,57)(H,52,58,59)/b19-14+. The van der Waals surface area contributed by atoms with E-state index in [1.807, 2.05) is 29.2 Å². The molecular formula is C48H56N8O6. The Morgan fingerprint density at radius 1 is 0.839 bits per heavy atom. The Labute approximate surface area is 363 Å². The highest BCUT2D eigenvalue weighted by Gasteiger charge is 2.44. The minimum Gasteiger partial charge on any atom is -0.354 e. The zero-order valence-electron chi connectivity index (χ0n) is 35.4. The van der Waals surface area contributed by atoms with Gasteiger partial charge in [-0.1, -0.05) is 43.6 Å². The number of carbonyl (C=O) groups excluding carboxylic acids is 6. The Hall–Kier alpha value is -6.20. The van der Waals surface area contributed by atoms with E-state index < -0.39 is 29.7 Å². The summed E-state index contributed by atoms with van der Waals surface area (Å²) in [6.45, 7) is 6.98. The normalized spacial score (nSPS) is 18.5. The summed E-state index contributed by atoms with van der Waals surface area (Å²) in [5.74, 6) is 5.73. The van der Waals surface area contributed by atoms with E-state index in [1.165, 1.54) is 0 Å². The zero-order chi connectivity index (χ0) is 43.3. The van der Waals surface area contributed by atoms with Gasteiger partial charge in [0.2, 0.25) is 17.7 Å². The van der Waals surface area contributed by atoms with Gasteiger partial charge in [-0.3, -0.25) is 48.9 Å². The summed E-state index contributed by atoms with van der Waals surface area (Å²) >= 11 is 0. The molecule has 62 heavy (non-hydrogen) atoms. The molecule has 2 aromatic heterocycles. The summed E-state index contributed by atoms with van der Waals surface area (Å²) in [4.78, 5) is 91.7. The molecule has 7 rings (SSSR count). The van der Waals surface area contributed by atoms with Gasteiger partial charge >= 0.3 is 0 Å². The first-order valence-corrected chi connectivity index (χ1v) is 22.2. The molecule has 1 atom stereocenters. The predicted molar refractivity (Wildman–Crippen MR) is 235 cm³/mol. The number of anilines is 1. The van der Waals surface area contributed by atoms with Gasteiger partial charge in [0.15, 0.2) is 0 Å². The Bertz CT molecular complexity index is 2180. The second-order valence-electron chi connectivity index (χ2n) is 16.5. The topological polar surface area (TPSA) is 165 Å². The highest BCUT2D eigenvalue weighted by molar-refractivity contribution is 6.23. The molecule has 14 nitrogen and oxygen atoms in total. The Balaban J connectivity index is 0.725. The van der Waals surface area contributed by atoms with Crippen molar-refractivity contribution in [2.24, 2.45) is 5.92 Å². The lowest BCUT2D eigenvalue weighted by Gasteiger charge is -2.35. The predicted octanol–water partition coefficient (Wildman–Crippen LogP) is 4.85. The van der Waals surface area contributed by atoms with E-state index in [9.17, 15) is 28.8 Å². The number of rotatable bonds is 16. The number of imide groups is 2. The largest absolute Gasteiger partial charge is 0.354 e. The highest BCUT2D eigenvalue weighted by Crippen LogP contribution is 2.29. The van der Waals surface area contributed by atoms with Crippen LogP contribution in [0.5, 0.6) is 0 Å². The summed E-state index contributed by atoms with van der Waals surface area (Å²) < 4.78 is 0. The van der Waals surface area contributed by atoms with Gasteiger partial charge in [-0.25, -0.2) is 4.98 Å². The zero-order valence-corrected chi connectivity index (χ0v) is 35.4. The lowest BCUT2D eigenvalue weighted by Crippen LogP contribution is -2.54. The molecule has 4 aliphatic rings. The number of hydrogen-bond acceptors (Lipinski definition) is 10. The van der Waals surface area contributed by atoms with Crippen molar-refractivity contribution in [3.63, 3.8) is 0 Å². The third-order valence-electron chi connectivity index (χ3n) is 12.2. The van der Waals surface area contributed by atoms with Crippen molar-refractivity contribution in [2.45, 2.75) is 83.1 Å². The fourth-order valence-electron chi connectivity index (χ4n) is 8.60. The molecule has 6 heterocycles. The quantitative estimate of drug-likeness (QED) is 0.0882. The summed E-state index contributed by atoms with van der Waals surface area (Å²) in [6, 6.07) is 11.6. The van der Waals surface area contributed by atoms with Crippen LogP contribution in [0.15, 0.2) is 67.1 Å². The van der Waals surface area contributed by atoms with E-state index in [1.54, 1.807) is 48.9 Å². The van der Waals surface area contributed by atoms with E-state index >= 15 is 0 Å². The number of unbranched alkanes of at least 4 members (excludes halogenated alkanes) is 5. The van der Waals surface area contributed by atoms with Gasteiger partial charge in [-0.05, 0) is 99.0 Å². The number of benzene rings is 1. The number of hydrogen-bond donors (Lipinski definition) is 2. The number of fused-ring (bicyclic) bond motifs is 1. The Morgan fingerprint density at radius 3 is 2.40 bits per heavy atom. The van der Waals surface area contributed by atoms with Crippen molar-refractivity contribution < 1.29 is 28.8 Å². The molecule has 0 radical (unpaired) electrons. The molecule has 2 N–H and O–H groups in total. The van der Waals surface area contributed by atoms with Gasteiger partial charge < -0.3 is 15.1 Å². The average Bonchev–Trinajstić information content (AvgIpc) is 3.54. The molecule has 0 aliphatic carbocycles. The van der Waals surface area contributed by atoms with Gasteiger partial charge in [0.1, 0.15) is 11.9 Å². The molecular weight excluding hydrogens is 785 g/mol. The van der Waals surface area contributed by atoms with Crippen LogP contribution in [0.3, 0.4) is 0 Å². The van der Waals surface area contributed by atoms with Crippen molar-refractivity contribution in [2.75, 3.05) is 57.3 Å². The number of carbonyl (C=O) groups is 6. The smallest absolute Gasteiger partial charge is 0.262 e. The summed E-state index contributed by atoms with van der Waals surface area (Å²) in [7, 11) is 0. The molecule has 0 spiro atoms. The van der Waals surface area contributed by atoms with Gasteiger partial charge in [0.25, 0.3) is 17.7 Å². The maximum atomic E-state index is 13.3. The molecule has 6 amide bonds. The number of nitrogens with one attached hydrogen (secondary N) is 2. The lowest BCUT2D eigenvalue weighted by atomic mass is 9.91. The maximum absolute atomic E-state index is 13.3. The van der Waals surface area contributed by atoms with Crippen LogP contribution < -0.4 is 15.5 Å². The van der Waals surface area contributed by atoms with E-state index in [4.69, 9.17) is 4.98 Å². The van der Waals surface area contributed by atoms with E-state index in [0.29, 0.717) is 23.6 Å². The second kappa shape index (κ2) is 21.5. The molecule has 3 aromatic rings. The SMILES string of the molecule is O=C(/C=C/c1cccnc1)NCCCCC1CCN(C(=O)c2ccc(N3CCN(CCCCCCC#Cc4ccc5c(c4)C(=O)N(C4CCC(=O)NC4=O)C5=O)CC3)nc2)CC1. The molecule has 4 aliphatic heterocycles. The van der Waals surface area contributed by atoms with Crippen LogP contribution in [-0.4, -0.2) is 119 Å². The fourth-order valence-corrected chi connectivity index (χ4v) is 8.60. The van der Waals surface area contributed by atoms with Crippen LogP contribution in [0.2, 0.25) is 0 Å². The molecule has 3 saturated heterocycles. The van der Waals surface area contributed by atoms with Crippen LogP contribution in [0.1, 0.15) is 119 Å². The molecule has 0 saturated carbocycles. The van der Waals surface area contributed by atoms with Crippen LogP contribution in [-0.2, 0) is 14.4 Å². The number of amides is 6. The Kier molecular flexibility index (Phi) is 15.2. The first-order chi connectivity index (χ1) is 30.2. The van der Waals surface area contributed by atoms with Crippen molar-refractivity contribution >= 4 is 47.3 Å². The second-order valence-corrected chi connectivity index (χ2v) is 16.5. The first kappa shape index (κ1) is 43.9. The van der Waals surface area contributed by atoms with Crippen LogP contribution in [0.4, 0.5) is 5.82 Å². The monoisotopic (exact) mass is 840 g/mol. The summed E-state index contributed by atoms with van der Waals surface area (Å²) in [5, 5.41) is 5.17. The van der Waals surface area contributed by atoms with E-state index in [-0.39, 0.29) is 35.8 Å². The molecule has 1 unspecified atom stereocenters. The molecule has 1 aromatic carbocycles. The summed E-state index contributed by atoms with van der Waals surface area (Å²) in [6.07, 6.45) is 18.8. The first-order valence-electron chi connectivity index (χ1n) is 22.2. The van der Waals surface area contributed by atoms with Gasteiger partial charge in [0, 0.05) is 88.9 Å². The number of aromatic nitrogens is 2. The molecule has 14 heteroatoms. The molecule has 3 fully saturated rings. The van der Waals surface area contributed by atoms with Crippen molar-refractivity contribution in [3.05, 3.63) is 94.9 Å². The third kappa shape index (κ3) is 11.6. The van der Waals surface area contributed by atoms with Gasteiger partial charge in [0.05, 0.1) is 16.7 Å². The van der Waals surface area contributed by atoms with E-state index in [2.05, 4.69) is 37.3 Å². The number of pyridine rings is 2. The van der Waals surface area contributed by atoms with Crippen LogP contribution >= 0.6 is 0 Å². The maximum Gasteiger partial charge on any atom is 0.262 e. The van der Waals surface area contributed by atoms with Crippen LogP contribution in [0, 0.1) is 17.8 Å². The van der Waals surface area contributed by atoms with Gasteiger partial charge in [-0.2, -0.15) is 0 Å². The van der Waals surface area contributed by atoms with Crippen molar-refractivity contribution in [1.29, 1.82) is 0 Å². The molecule has 324 valence electrons. The minimum atomic E-state index is -0.981. The number of piperidine rings is 2. The Morgan fingerprint density at radius 2 is 1.65 bits per heavy atom.